The maximum absolute atomic E-state index is 13.7. The van der Waals surface area contributed by atoms with Gasteiger partial charge in [-0.1, -0.05) is 0 Å². The van der Waals surface area contributed by atoms with Gasteiger partial charge < -0.3 is 10.6 Å². The van der Waals surface area contributed by atoms with E-state index in [9.17, 15) is 9.18 Å². The quantitative estimate of drug-likeness (QED) is 0.907. The van der Waals surface area contributed by atoms with E-state index in [1.165, 1.54) is 30.4 Å². The van der Waals surface area contributed by atoms with Crippen LogP contribution in [0.3, 0.4) is 0 Å². The molecule has 2 N–H and O–H groups in total. The topological polar surface area (TPSA) is 64.9 Å². The minimum absolute atomic E-state index is 0.144. The number of rotatable bonds is 4. The molecule has 1 heterocycles. The molecule has 0 aliphatic heterocycles. The van der Waals surface area contributed by atoms with Crippen molar-refractivity contribution in [2.75, 3.05) is 10.6 Å². The van der Waals surface area contributed by atoms with E-state index in [-0.39, 0.29) is 11.5 Å². The van der Waals surface area contributed by atoms with E-state index in [4.69, 9.17) is 5.26 Å². The molecule has 6 heteroatoms. The van der Waals surface area contributed by atoms with Crippen LogP contribution in [0.4, 0.5) is 15.8 Å². The van der Waals surface area contributed by atoms with Crippen LogP contribution in [-0.4, -0.2) is 5.91 Å². The predicted molar refractivity (Wildman–Crippen MR) is 77.1 cm³/mol. The maximum Gasteiger partial charge on any atom is 0.221 e. The average molecular weight is 289 g/mol. The summed E-state index contributed by atoms with van der Waals surface area (Å²) in [4.78, 5) is 12.0. The molecule has 0 aliphatic rings. The van der Waals surface area contributed by atoms with E-state index in [1.54, 1.807) is 12.1 Å². The molecule has 0 saturated carbocycles. The highest BCUT2D eigenvalue weighted by Crippen LogP contribution is 2.24. The molecule has 1 amide bonds. The van der Waals surface area contributed by atoms with Gasteiger partial charge in [0.25, 0.3) is 0 Å². The fraction of sp³-hybridized carbons (Fsp3) is 0.143. The van der Waals surface area contributed by atoms with Crippen LogP contribution >= 0.6 is 11.3 Å². The van der Waals surface area contributed by atoms with E-state index in [0.717, 1.165) is 10.6 Å². The summed E-state index contributed by atoms with van der Waals surface area (Å²) < 4.78 is 13.7. The smallest absolute Gasteiger partial charge is 0.221 e. The predicted octanol–water partition coefficient (Wildman–Crippen LogP) is 3.33. The minimum atomic E-state index is -0.471. The van der Waals surface area contributed by atoms with Crippen molar-refractivity contribution in [1.82, 2.24) is 0 Å². The first kappa shape index (κ1) is 14.0. The number of anilines is 2. The van der Waals surface area contributed by atoms with Crippen molar-refractivity contribution in [3.63, 3.8) is 0 Å². The second kappa shape index (κ2) is 6.17. The summed E-state index contributed by atoms with van der Waals surface area (Å²) in [6.07, 6.45) is 0. The van der Waals surface area contributed by atoms with E-state index in [1.807, 2.05) is 11.4 Å². The van der Waals surface area contributed by atoms with Gasteiger partial charge in [-0.05, 0) is 29.6 Å². The Kier molecular flexibility index (Phi) is 4.33. The molecule has 0 atom stereocenters. The molecule has 0 radical (unpaired) electrons. The molecule has 20 heavy (non-hydrogen) atoms. The van der Waals surface area contributed by atoms with Crippen LogP contribution in [0, 0.1) is 17.1 Å². The van der Waals surface area contributed by atoms with Crippen molar-refractivity contribution in [3.8, 4) is 6.07 Å². The fourth-order valence-electron chi connectivity index (χ4n) is 1.68. The molecule has 0 unspecified atom stereocenters. The van der Waals surface area contributed by atoms with Crippen LogP contribution in [0.15, 0.2) is 29.6 Å². The number of nitrogens with zero attached hydrogens (tertiary/aromatic N) is 1. The van der Waals surface area contributed by atoms with Crippen molar-refractivity contribution in [3.05, 3.63) is 45.9 Å². The van der Waals surface area contributed by atoms with E-state index < -0.39 is 5.82 Å². The molecular weight excluding hydrogens is 277 g/mol. The van der Waals surface area contributed by atoms with Gasteiger partial charge in [0.2, 0.25) is 5.91 Å². The van der Waals surface area contributed by atoms with E-state index in [0.29, 0.717) is 12.2 Å². The Hall–Kier alpha value is -2.39. The summed E-state index contributed by atoms with van der Waals surface area (Å²) in [6, 6.07) is 7.95. The number of benzene rings is 1. The van der Waals surface area contributed by atoms with Crippen LogP contribution in [-0.2, 0) is 11.3 Å². The van der Waals surface area contributed by atoms with Crippen LogP contribution in [0.2, 0.25) is 0 Å². The lowest BCUT2D eigenvalue weighted by atomic mass is 10.2. The third kappa shape index (κ3) is 3.33. The molecule has 1 aromatic heterocycles. The van der Waals surface area contributed by atoms with E-state index >= 15 is 0 Å². The lowest BCUT2D eigenvalue weighted by Gasteiger charge is -2.08. The van der Waals surface area contributed by atoms with Gasteiger partial charge in [-0.2, -0.15) is 5.26 Å². The molecule has 0 saturated heterocycles. The third-order valence-electron chi connectivity index (χ3n) is 2.59. The summed E-state index contributed by atoms with van der Waals surface area (Å²) >= 11 is 1.47. The number of halogens is 1. The normalized spacial score (nSPS) is 9.85. The lowest BCUT2D eigenvalue weighted by Crippen LogP contribution is -2.08. The Morgan fingerprint density at radius 1 is 1.40 bits per heavy atom. The Bertz CT molecular complexity index is 675. The number of hydrogen-bond donors (Lipinski definition) is 2. The summed E-state index contributed by atoms with van der Waals surface area (Å²) in [7, 11) is 0. The Morgan fingerprint density at radius 3 is 2.85 bits per heavy atom. The number of hydrogen-bond acceptors (Lipinski definition) is 4. The molecule has 0 spiro atoms. The van der Waals surface area contributed by atoms with Crippen molar-refractivity contribution in [2.24, 2.45) is 0 Å². The molecule has 1 aromatic carbocycles. The summed E-state index contributed by atoms with van der Waals surface area (Å²) in [5, 5.41) is 16.2. The largest absolute Gasteiger partial charge is 0.378 e. The first-order valence-electron chi connectivity index (χ1n) is 5.87. The summed E-state index contributed by atoms with van der Waals surface area (Å²) in [5.41, 5.74) is 1.33. The Balaban J connectivity index is 2.08. The highest BCUT2D eigenvalue weighted by Gasteiger charge is 2.08. The molecule has 2 aromatic rings. The van der Waals surface area contributed by atoms with Gasteiger partial charge in [-0.3, -0.25) is 4.79 Å². The number of thiophene rings is 1. The fourth-order valence-corrected chi connectivity index (χ4v) is 2.45. The summed E-state index contributed by atoms with van der Waals surface area (Å²) in [6.45, 7) is 1.84. The van der Waals surface area contributed by atoms with Crippen LogP contribution < -0.4 is 10.6 Å². The van der Waals surface area contributed by atoms with Crippen LogP contribution in [0.1, 0.15) is 17.4 Å². The Morgan fingerprint density at radius 2 is 2.20 bits per heavy atom. The molecule has 0 aliphatic carbocycles. The van der Waals surface area contributed by atoms with Gasteiger partial charge in [-0.15, -0.1) is 11.3 Å². The number of nitrogens with one attached hydrogen (secondary N) is 2. The summed E-state index contributed by atoms with van der Waals surface area (Å²) in [5.74, 6) is -0.615. The highest BCUT2D eigenvalue weighted by atomic mass is 32.1. The number of carbonyl (C=O) groups excluding carboxylic acids is 1. The number of amides is 1. The van der Waals surface area contributed by atoms with Crippen LogP contribution in [0.5, 0.6) is 0 Å². The monoisotopic (exact) mass is 289 g/mol. The first-order chi connectivity index (χ1) is 9.60. The zero-order chi connectivity index (χ0) is 14.5. The second-order valence-corrected chi connectivity index (χ2v) is 5.10. The van der Waals surface area contributed by atoms with E-state index in [2.05, 4.69) is 10.6 Å². The average Bonchev–Trinajstić information content (AvgIpc) is 2.83. The van der Waals surface area contributed by atoms with Gasteiger partial charge in [-0.25, -0.2) is 4.39 Å². The first-order valence-corrected chi connectivity index (χ1v) is 6.75. The van der Waals surface area contributed by atoms with Crippen molar-refractivity contribution in [2.45, 2.75) is 13.5 Å². The molecular formula is C14H12FN3OS. The standard InChI is InChI=1S/C14H12FN3OS/c1-9(19)18-13-4-5-20-14(13)8-17-12-3-2-10(7-16)6-11(12)15/h2-6,17H,8H2,1H3,(H,18,19). The SMILES string of the molecule is CC(=O)Nc1ccsc1CNc1ccc(C#N)cc1F. The minimum Gasteiger partial charge on any atom is -0.378 e. The molecule has 102 valence electrons. The molecule has 4 nitrogen and oxygen atoms in total. The molecule has 0 bridgehead atoms. The maximum atomic E-state index is 13.7. The van der Waals surface area contributed by atoms with Gasteiger partial charge in [0, 0.05) is 11.8 Å². The van der Waals surface area contributed by atoms with Gasteiger partial charge in [0.15, 0.2) is 0 Å². The van der Waals surface area contributed by atoms with Crippen molar-refractivity contribution in [1.29, 1.82) is 5.26 Å². The van der Waals surface area contributed by atoms with Gasteiger partial charge in [0.05, 0.1) is 29.6 Å². The molecule has 2 rings (SSSR count). The Labute approximate surface area is 119 Å². The van der Waals surface area contributed by atoms with Crippen molar-refractivity contribution < 1.29 is 9.18 Å². The second-order valence-electron chi connectivity index (χ2n) is 4.10. The number of nitriles is 1. The van der Waals surface area contributed by atoms with Gasteiger partial charge >= 0.3 is 0 Å². The zero-order valence-corrected chi connectivity index (χ0v) is 11.6. The zero-order valence-electron chi connectivity index (χ0n) is 10.7. The lowest BCUT2D eigenvalue weighted by molar-refractivity contribution is -0.114. The van der Waals surface area contributed by atoms with Crippen LogP contribution in [0.25, 0.3) is 0 Å². The molecule has 0 fully saturated rings. The van der Waals surface area contributed by atoms with Crippen molar-refractivity contribution >= 4 is 28.6 Å². The third-order valence-corrected chi connectivity index (χ3v) is 3.51. The number of carbonyl (C=O) groups is 1. The highest BCUT2D eigenvalue weighted by molar-refractivity contribution is 7.10. The van der Waals surface area contributed by atoms with Gasteiger partial charge in [0.1, 0.15) is 5.82 Å².